The minimum absolute atomic E-state index is 0.0776. The van der Waals surface area contributed by atoms with Crippen molar-refractivity contribution in [2.45, 2.75) is 13.1 Å². The lowest BCUT2D eigenvalue weighted by atomic mass is 10.0. The van der Waals surface area contributed by atoms with E-state index in [0.29, 0.717) is 67.2 Å². The Kier molecular flexibility index (Phi) is 8.21. The predicted molar refractivity (Wildman–Crippen MR) is 165 cm³/mol. The van der Waals surface area contributed by atoms with E-state index in [4.69, 9.17) is 4.74 Å². The summed E-state index contributed by atoms with van der Waals surface area (Å²) in [6, 6.07) is 13.9. The summed E-state index contributed by atoms with van der Waals surface area (Å²) in [4.78, 5) is 52.3. The van der Waals surface area contributed by atoms with Crippen molar-refractivity contribution in [1.29, 1.82) is 0 Å². The smallest absolute Gasteiger partial charge is 0.378 e. The molecule has 0 bridgehead atoms. The molecule has 2 aliphatic heterocycles. The number of carbonyl (C=O) groups is 2. The van der Waals surface area contributed by atoms with E-state index >= 15 is 0 Å². The topological polar surface area (TPSA) is 113 Å². The van der Waals surface area contributed by atoms with Gasteiger partial charge in [-0.1, -0.05) is 12.1 Å². The Morgan fingerprint density at radius 1 is 0.935 bits per heavy atom. The van der Waals surface area contributed by atoms with Crippen molar-refractivity contribution in [3.63, 3.8) is 0 Å². The Balaban J connectivity index is 1.23. The van der Waals surface area contributed by atoms with E-state index < -0.39 is 17.8 Å². The number of ether oxygens (including phenoxy) is 1. The lowest BCUT2D eigenvalue weighted by Crippen LogP contribution is -2.40. The van der Waals surface area contributed by atoms with Gasteiger partial charge in [-0.3, -0.25) is 19.4 Å². The lowest BCUT2D eigenvalue weighted by molar-refractivity contribution is -0.137. The molecule has 6 rings (SSSR count). The number of carbonyl (C=O) groups excluding carboxylic acids is 2. The maximum atomic E-state index is 13.4. The summed E-state index contributed by atoms with van der Waals surface area (Å²) in [6.07, 6.45) is -2.20. The minimum Gasteiger partial charge on any atom is -0.378 e. The average molecular weight is 634 g/mol. The highest BCUT2D eigenvalue weighted by atomic mass is 19.4. The molecule has 4 aromatic rings. The van der Waals surface area contributed by atoms with E-state index in [-0.39, 0.29) is 29.6 Å². The standard InChI is InChI=1S/C32H30F3N7O4/c1-20-24(4-3-5-26(20)41-12-13-42(31(41)45)27-11-8-22(18-36-27)32(33,34)35)25-19-39(2)30(44)28(38-25)37-23-9-6-21(7-10-23)29(43)40-14-16-46-17-15-40/h3-11,18-19H,12-17H2,1-2H3,(H,37,38). The summed E-state index contributed by atoms with van der Waals surface area (Å²) < 4.78 is 45.7. The first kappa shape index (κ1) is 30.8. The molecule has 2 aromatic heterocycles. The second-order valence-electron chi connectivity index (χ2n) is 10.9. The predicted octanol–water partition coefficient (Wildman–Crippen LogP) is 4.83. The fourth-order valence-corrected chi connectivity index (χ4v) is 5.48. The number of hydrogen-bond donors (Lipinski definition) is 1. The van der Waals surface area contributed by atoms with Gasteiger partial charge in [-0.25, -0.2) is 14.8 Å². The third kappa shape index (κ3) is 6.03. The van der Waals surface area contributed by atoms with Crippen LogP contribution in [0.1, 0.15) is 21.5 Å². The molecule has 0 spiro atoms. The average Bonchev–Trinajstić information content (AvgIpc) is 3.44. The van der Waals surface area contributed by atoms with Crippen LogP contribution in [0.15, 0.2) is 71.8 Å². The van der Waals surface area contributed by atoms with Crippen LogP contribution in [-0.4, -0.2) is 70.8 Å². The maximum absolute atomic E-state index is 13.4. The molecule has 0 radical (unpaired) electrons. The van der Waals surface area contributed by atoms with Gasteiger partial charge < -0.3 is 19.5 Å². The van der Waals surface area contributed by atoms with Gasteiger partial charge in [0.2, 0.25) is 0 Å². The number of amides is 3. The second kappa shape index (κ2) is 12.3. The molecule has 238 valence electrons. The summed E-state index contributed by atoms with van der Waals surface area (Å²) in [7, 11) is 1.61. The third-order valence-electron chi connectivity index (χ3n) is 8.00. The number of alkyl halides is 3. The van der Waals surface area contributed by atoms with E-state index in [1.807, 2.05) is 13.0 Å². The van der Waals surface area contributed by atoms with Crippen LogP contribution in [0.4, 0.5) is 41.0 Å². The van der Waals surface area contributed by atoms with Gasteiger partial charge in [-0.15, -0.1) is 0 Å². The van der Waals surface area contributed by atoms with Crippen LogP contribution < -0.4 is 20.7 Å². The molecule has 1 N–H and O–H groups in total. The molecule has 2 saturated heterocycles. The molecule has 3 amide bonds. The van der Waals surface area contributed by atoms with E-state index in [0.717, 1.165) is 11.6 Å². The molecule has 2 aliphatic rings. The number of aromatic nitrogens is 3. The fraction of sp³-hybridized carbons (Fsp3) is 0.281. The third-order valence-corrected chi connectivity index (χ3v) is 8.00. The Bertz CT molecular complexity index is 1840. The van der Waals surface area contributed by atoms with Crippen molar-refractivity contribution < 1.29 is 27.5 Å². The van der Waals surface area contributed by atoms with E-state index in [9.17, 15) is 27.6 Å². The molecule has 0 unspecified atom stereocenters. The molecule has 46 heavy (non-hydrogen) atoms. The molecular weight excluding hydrogens is 603 g/mol. The summed E-state index contributed by atoms with van der Waals surface area (Å²) in [5, 5.41) is 3.06. The van der Waals surface area contributed by atoms with Crippen molar-refractivity contribution in [1.82, 2.24) is 19.4 Å². The first-order valence-electron chi connectivity index (χ1n) is 14.6. The van der Waals surface area contributed by atoms with Crippen molar-refractivity contribution in [3.8, 4) is 11.3 Å². The van der Waals surface area contributed by atoms with Crippen molar-refractivity contribution >= 4 is 34.9 Å². The Labute approximate surface area is 261 Å². The van der Waals surface area contributed by atoms with Crippen LogP contribution in [-0.2, 0) is 18.0 Å². The van der Waals surface area contributed by atoms with Crippen LogP contribution in [0.3, 0.4) is 0 Å². The second-order valence-corrected chi connectivity index (χ2v) is 10.9. The first-order valence-corrected chi connectivity index (χ1v) is 14.6. The molecular formula is C32H30F3N7O4. The maximum Gasteiger partial charge on any atom is 0.417 e. The van der Waals surface area contributed by atoms with Gasteiger partial charge >= 0.3 is 12.2 Å². The number of benzene rings is 2. The molecule has 4 heterocycles. The van der Waals surface area contributed by atoms with Crippen LogP contribution in [0.2, 0.25) is 0 Å². The number of nitrogens with one attached hydrogen (secondary N) is 1. The van der Waals surface area contributed by atoms with Crippen LogP contribution in [0.25, 0.3) is 11.3 Å². The number of pyridine rings is 1. The number of aryl methyl sites for hydroxylation is 1. The van der Waals surface area contributed by atoms with Gasteiger partial charge in [0.1, 0.15) is 5.82 Å². The number of halogens is 3. The number of urea groups is 1. The zero-order valence-electron chi connectivity index (χ0n) is 25.0. The summed E-state index contributed by atoms with van der Waals surface area (Å²) in [6.45, 7) is 4.45. The monoisotopic (exact) mass is 633 g/mol. The van der Waals surface area contributed by atoms with Gasteiger partial charge in [0.15, 0.2) is 5.82 Å². The Morgan fingerprint density at radius 2 is 1.65 bits per heavy atom. The van der Waals surface area contributed by atoms with E-state index in [1.165, 1.54) is 15.5 Å². The Morgan fingerprint density at radius 3 is 2.33 bits per heavy atom. The van der Waals surface area contributed by atoms with Gasteiger partial charge in [0, 0.05) is 68.1 Å². The van der Waals surface area contributed by atoms with Gasteiger partial charge in [-0.2, -0.15) is 13.2 Å². The zero-order chi connectivity index (χ0) is 32.6. The number of anilines is 4. The SMILES string of the molecule is Cc1c(-c2cn(C)c(=O)c(Nc3ccc(C(=O)N4CCOCC4)cc3)n2)cccc1N1CCN(c2ccc(C(F)(F)F)cn2)C1=O. The molecule has 0 atom stereocenters. The lowest BCUT2D eigenvalue weighted by Gasteiger charge is -2.26. The highest BCUT2D eigenvalue weighted by Crippen LogP contribution is 2.34. The summed E-state index contributed by atoms with van der Waals surface area (Å²) >= 11 is 0. The molecule has 2 fully saturated rings. The quantitative estimate of drug-likeness (QED) is 0.324. The molecule has 0 saturated carbocycles. The van der Waals surface area contributed by atoms with Crippen LogP contribution in [0, 0.1) is 6.92 Å². The summed E-state index contributed by atoms with van der Waals surface area (Å²) in [5.74, 6) is 0.119. The Hall–Kier alpha value is -5.24. The number of nitrogens with zero attached hydrogens (tertiary/aromatic N) is 6. The van der Waals surface area contributed by atoms with Crippen molar-refractivity contribution in [3.05, 3.63) is 94.0 Å². The van der Waals surface area contributed by atoms with Gasteiger partial charge in [-0.05, 0) is 55.0 Å². The summed E-state index contributed by atoms with van der Waals surface area (Å²) in [5.41, 5.74) is 2.34. The van der Waals surface area contributed by atoms with E-state index in [2.05, 4.69) is 15.3 Å². The zero-order valence-corrected chi connectivity index (χ0v) is 25.0. The molecule has 14 heteroatoms. The van der Waals surface area contributed by atoms with E-state index in [1.54, 1.807) is 59.4 Å². The largest absolute Gasteiger partial charge is 0.417 e. The molecule has 0 aliphatic carbocycles. The number of rotatable bonds is 6. The highest BCUT2D eigenvalue weighted by molar-refractivity contribution is 6.06. The number of morpholine rings is 1. The van der Waals surface area contributed by atoms with Crippen LogP contribution in [0.5, 0.6) is 0 Å². The highest BCUT2D eigenvalue weighted by Gasteiger charge is 2.35. The van der Waals surface area contributed by atoms with Gasteiger partial charge in [0.05, 0.1) is 24.5 Å². The normalized spacial score (nSPS) is 15.4. The first-order chi connectivity index (χ1) is 22.0. The minimum atomic E-state index is -4.53. The van der Waals surface area contributed by atoms with Crippen molar-refractivity contribution in [2.24, 2.45) is 7.05 Å². The van der Waals surface area contributed by atoms with Gasteiger partial charge in [0.25, 0.3) is 11.5 Å². The number of hydrogen-bond acceptors (Lipinski definition) is 7. The van der Waals surface area contributed by atoms with Crippen molar-refractivity contribution in [2.75, 3.05) is 54.5 Å². The molecule has 11 nitrogen and oxygen atoms in total. The van der Waals surface area contributed by atoms with Crippen LogP contribution >= 0.6 is 0 Å². The fourth-order valence-electron chi connectivity index (χ4n) is 5.48. The molecule has 2 aromatic carbocycles.